The van der Waals surface area contributed by atoms with Crippen molar-refractivity contribution in [2.75, 3.05) is 33.7 Å². The van der Waals surface area contributed by atoms with Crippen LogP contribution in [-0.2, 0) is 5.54 Å². The molecule has 4 rings (SSSR count). The van der Waals surface area contributed by atoms with Crippen LogP contribution < -0.4 is 29.3 Å². The number of piperidine rings is 1. The Morgan fingerprint density at radius 1 is 0.926 bits per heavy atom. The predicted molar refractivity (Wildman–Crippen MR) is 104 cm³/mol. The van der Waals surface area contributed by atoms with Crippen LogP contribution in [0.25, 0.3) is 0 Å². The maximum Gasteiger partial charge on any atom is 0.318 e. The number of quaternary nitrogens is 1. The first-order chi connectivity index (χ1) is 12.5. The second-order valence-electron chi connectivity index (χ2n) is 8.31. The van der Waals surface area contributed by atoms with Crippen LogP contribution in [-0.4, -0.2) is 55.2 Å². The molecule has 2 heterocycles. The van der Waals surface area contributed by atoms with Gasteiger partial charge in [-0.1, -0.05) is 60.7 Å². The number of hydrogen-bond donors (Lipinski definition) is 1. The molecule has 2 aliphatic heterocycles. The third-order valence-corrected chi connectivity index (χ3v) is 6.10. The van der Waals surface area contributed by atoms with E-state index in [1.165, 1.54) is 0 Å². The molecular formula is C22H28IN3O. The minimum absolute atomic E-state index is 0. The second kappa shape index (κ2) is 7.80. The zero-order valence-corrected chi connectivity index (χ0v) is 18.2. The summed E-state index contributed by atoms with van der Waals surface area (Å²) in [7, 11) is 4.55. The van der Waals surface area contributed by atoms with Crippen molar-refractivity contribution in [1.29, 1.82) is 0 Å². The molecule has 2 amide bonds. The number of nitrogens with zero attached hydrogens (tertiary/aromatic N) is 2. The van der Waals surface area contributed by atoms with Crippen LogP contribution in [0.2, 0.25) is 0 Å². The minimum atomic E-state index is -0.471. The van der Waals surface area contributed by atoms with Crippen LogP contribution in [0.5, 0.6) is 0 Å². The Morgan fingerprint density at radius 3 is 1.89 bits per heavy atom. The molecule has 2 aromatic rings. The normalized spacial score (nSPS) is 21.4. The summed E-state index contributed by atoms with van der Waals surface area (Å²) < 4.78 is 1.05. The van der Waals surface area contributed by atoms with Gasteiger partial charge in [-0.2, -0.15) is 0 Å². The van der Waals surface area contributed by atoms with Crippen molar-refractivity contribution in [3.63, 3.8) is 0 Å². The molecule has 4 nitrogen and oxygen atoms in total. The number of likely N-dealkylation sites (tertiary alicyclic amines) is 1. The van der Waals surface area contributed by atoms with E-state index in [9.17, 15) is 4.79 Å². The molecule has 0 radical (unpaired) electrons. The van der Waals surface area contributed by atoms with E-state index in [-0.39, 0.29) is 30.0 Å². The van der Waals surface area contributed by atoms with Crippen molar-refractivity contribution in [3.05, 3.63) is 71.8 Å². The Kier molecular flexibility index (Phi) is 5.82. The minimum Gasteiger partial charge on any atom is -1.00 e. The predicted octanol–water partition coefficient (Wildman–Crippen LogP) is 0.198. The first-order valence-corrected chi connectivity index (χ1v) is 9.52. The van der Waals surface area contributed by atoms with Crippen molar-refractivity contribution in [2.45, 2.75) is 24.4 Å². The highest BCUT2D eigenvalue weighted by molar-refractivity contribution is 5.80. The summed E-state index contributed by atoms with van der Waals surface area (Å²) in [6, 6.07) is 21.1. The molecule has 0 spiro atoms. The zero-order valence-electron chi connectivity index (χ0n) is 16.1. The second-order valence-corrected chi connectivity index (χ2v) is 8.31. The molecule has 2 aliphatic rings. The maximum atomic E-state index is 13.0. The average molecular weight is 477 g/mol. The lowest BCUT2D eigenvalue weighted by Gasteiger charge is -2.40. The summed E-state index contributed by atoms with van der Waals surface area (Å²) in [5.41, 5.74) is 1.82. The lowest BCUT2D eigenvalue weighted by Crippen LogP contribution is -3.00. The van der Waals surface area contributed by atoms with Crippen molar-refractivity contribution < 1.29 is 33.3 Å². The summed E-state index contributed by atoms with van der Waals surface area (Å²) in [6.07, 6.45) is 2.14. The van der Waals surface area contributed by atoms with Crippen molar-refractivity contribution in [1.82, 2.24) is 10.2 Å². The molecule has 2 saturated heterocycles. The standard InChI is InChI=1S/C22H27N3O.HI/c1-25(2)15-13-20(14-16-25)24-17-22(23-21(24)26,18-9-5-3-6-10-18)19-11-7-4-8-12-19;/h3-12,20H,13-17H2,1-2H3;1H. The van der Waals surface area contributed by atoms with Crippen LogP contribution in [0.15, 0.2) is 60.7 Å². The first-order valence-electron chi connectivity index (χ1n) is 9.52. The highest BCUT2D eigenvalue weighted by atomic mass is 127. The largest absolute Gasteiger partial charge is 1.00 e. The Hall–Kier alpha value is -1.60. The molecule has 2 aromatic carbocycles. The molecule has 27 heavy (non-hydrogen) atoms. The number of carbonyl (C=O) groups is 1. The van der Waals surface area contributed by atoms with Crippen LogP contribution >= 0.6 is 0 Å². The fourth-order valence-electron chi connectivity index (χ4n) is 4.42. The molecule has 5 heteroatoms. The van der Waals surface area contributed by atoms with E-state index in [0.717, 1.165) is 41.5 Å². The number of carbonyl (C=O) groups excluding carboxylic acids is 1. The fraction of sp³-hybridized carbons (Fsp3) is 0.409. The Bertz CT molecular complexity index is 729. The number of benzene rings is 2. The van der Waals surface area contributed by atoms with Gasteiger partial charge in [-0.15, -0.1) is 0 Å². The summed E-state index contributed by atoms with van der Waals surface area (Å²) in [4.78, 5) is 15.1. The molecule has 0 atom stereocenters. The van der Waals surface area contributed by atoms with Crippen molar-refractivity contribution >= 4 is 6.03 Å². The van der Waals surface area contributed by atoms with E-state index < -0.39 is 5.54 Å². The lowest BCUT2D eigenvalue weighted by molar-refractivity contribution is -0.895. The number of rotatable bonds is 3. The van der Waals surface area contributed by atoms with Gasteiger partial charge < -0.3 is 38.7 Å². The summed E-state index contributed by atoms with van der Waals surface area (Å²) >= 11 is 0. The van der Waals surface area contributed by atoms with Crippen LogP contribution in [0, 0.1) is 0 Å². The summed E-state index contributed by atoms with van der Waals surface area (Å²) in [6.45, 7) is 2.94. The van der Waals surface area contributed by atoms with E-state index in [4.69, 9.17) is 0 Å². The van der Waals surface area contributed by atoms with Gasteiger partial charge in [0.05, 0.1) is 33.7 Å². The number of hydrogen-bond acceptors (Lipinski definition) is 1. The molecule has 0 bridgehead atoms. The van der Waals surface area contributed by atoms with Gasteiger partial charge >= 0.3 is 6.03 Å². The molecule has 1 N–H and O–H groups in total. The van der Waals surface area contributed by atoms with Gasteiger partial charge in [0.15, 0.2) is 0 Å². The zero-order chi connectivity index (χ0) is 18.2. The third-order valence-electron chi connectivity index (χ3n) is 6.10. The van der Waals surface area contributed by atoms with Gasteiger partial charge in [-0.3, -0.25) is 0 Å². The van der Waals surface area contributed by atoms with Crippen molar-refractivity contribution in [3.8, 4) is 0 Å². The topological polar surface area (TPSA) is 32.3 Å². The highest BCUT2D eigenvalue weighted by Gasteiger charge is 2.48. The smallest absolute Gasteiger partial charge is 0.318 e. The Labute approximate surface area is 179 Å². The molecular weight excluding hydrogens is 449 g/mol. The van der Waals surface area contributed by atoms with Gasteiger partial charge in [-0.05, 0) is 11.1 Å². The average Bonchev–Trinajstić information content (AvgIpc) is 3.02. The van der Waals surface area contributed by atoms with Gasteiger partial charge in [0.2, 0.25) is 0 Å². The van der Waals surface area contributed by atoms with E-state index in [2.05, 4.69) is 72.8 Å². The number of urea groups is 1. The SMILES string of the molecule is C[N+]1(C)CCC(N2CC(c3ccccc3)(c3ccccc3)NC2=O)CC1.[I-]. The quantitative estimate of drug-likeness (QED) is 0.498. The molecule has 0 unspecified atom stereocenters. The molecule has 144 valence electrons. The van der Waals surface area contributed by atoms with Gasteiger partial charge in [0, 0.05) is 18.9 Å². The fourth-order valence-corrected chi connectivity index (χ4v) is 4.42. The molecule has 0 saturated carbocycles. The highest BCUT2D eigenvalue weighted by Crippen LogP contribution is 2.36. The number of halogens is 1. The van der Waals surface area contributed by atoms with E-state index in [1.807, 2.05) is 12.1 Å². The summed E-state index contributed by atoms with van der Waals surface area (Å²) in [5, 5.41) is 3.35. The number of nitrogens with one attached hydrogen (secondary N) is 1. The molecule has 2 fully saturated rings. The van der Waals surface area contributed by atoms with Gasteiger partial charge in [-0.25, -0.2) is 4.79 Å². The Morgan fingerprint density at radius 2 is 1.41 bits per heavy atom. The monoisotopic (exact) mass is 477 g/mol. The van der Waals surface area contributed by atoms with Crippen LogP contribution in [0.3, 0.4) is 0 Å². The van der Waals surface area contributed by atoms with Crippen molar-refractivity contribution in [2.24, 2.45) is 0 Å². The van der Waals surface area contributed by atoms with E-state index >= 15 is 0 Å². The van der Waals surface area contributed by atoms with E-state index in [0.29, 0.717) is 12.6 Å². The van der Waals surface area contributed by atoms with Crippen LogP contribution in [0.1, 0.15) is 24.0 Å². The first kappa shape index (κ1) is 20.1. The molecule has 0 aromatic heterocycles. The maximum absolute atomic E-state index is 13.0. The molecule has 0 aliphatic carbocycles. The van der Waals surface area contributed by atoms with Gasteiger partial charge in [0.1, 0.15) is 5.54 Å². The summed E-state index contributed by atoms with van der Waals surface area (Å²) in [5.74, 6) is 0. The number of amides is 2. The lowest BCUT2D eigenvalue weighted by atomic mass is 9.83. The third kappa shape index (κ3) is 3.85. The Balaban J connectivity index is 0.00000210. The van der Waals surface area contributed by atoms with Crippen LogP contribution in [0.4, 0.5) is 4.79 Å². The van der Waals surface area contributed by atoms with E-state index in [1.54, 1.807) is 0 Å². The van der Waals surface area contributed by atoms with Gasteiger partial charge in [0.25, 0.3) is 0 Å².